The van der Waals surface area contributed by atoms with Gasteiger partial charge in [-0.1, -0.05) is 11.6 Å². The lowest BCUT2D eigenvalue weighted by Crippen LogP contribution is -2.30. The summed E-state index contributed by atoms with van der Waals surface area (Å²) in [6.07, 6.45) is 2.01. The van der Waals surface area contributed by atoms with E-state index in [1.54, 1.807) is 17.0 Å². The number of amides is 2. The lowest BCUT2D eigenvalue weighted by molar-refractivity contribution is 0.0787. The Bertz CT molecular complexity index is 468. The van der Waals surface area contributed by atoms with Crippen molar-refractivity contribution in [3.05, 3.63) is 34.3 Å². The average molecular weight is 253 g/mol. The Labute approximate surface area is 104 Å². The van der Waals surface area contributed by atoms with Gasteiger partial charge >= 0.3 is 0 Å². The molecule has 0 atom stereocenters. The van der Waals surface area contributed by atoms with E-state index < -0.39 is 5.91 Å². The van der Waals surface area contributed by atoms with Crippen molar-refractivity contribution in [2.45, 2.75) is 12.8 Å². The smallest absolute Gasteiger partial charge is 0.254 e. The number of primary amides is 1. The topological polar surface area (TPSA) is 63.4 Å². The Kier molecular flexibility index (Phi) is 3.33. The third-order valence-electron chi connectivity index (χ3n) is 2.87. The predicted octanol–water partition coefficient (Wildman–Crippen LogP) is 1.67. The second kappa shape index (κ2) is 4.75. The zero-order chi connectivity index (χ0) is 12.4. The molecule has 90 valence electrons. The molecule has 1 fully saturated rings. The standard InChI is InChI=1S/C12H13ClN2O2/c13-8-3-4-9(10(7-8)11(14)16)12(17)15-5-1-2-6-15/h3-4,7H,1-2,5-6H2,(H2,14,16). The van der Waals surface area contributed by atoms with Crippen molar-refractivity contribution in [1.82, 2.24) is 4.90 Å². The zero-order valence-corrected chi connectivity index (χ0v) is 10.0. The van der Waals surface area contributed by atoms with Gasteiger partial charge in [-0.25, -0.2) is 0 Å². The molecule has 0 radical (unpaired) electrons. The molecule has 0 saturated carbocycles. The molecule has 1 aromatic rings. The Hall–Kier alpha value is -1.55. The Morgan fingerprint density at radius 2 is 1.82 bits per heavy atom. The molecule has 1 aliphatic heterocycles. The summed E-state index contributed by atoms with van der Waals surface area (Å²) in [7, 11) is 0. The molecular formula is C12H13ClN2O2. The second-order valence-corrected chi connectivity index (χ2v) is 4.49. The van der Waals surface area contributed by atoms with Gasteiger partial charge in [-0.2, -0.15) is 0 Å². The Morgan fingerprint density at radius 3 is 2.41 bits per heavy atom. The third kappa shape index (κ3) is 2.42. The molecule has 1 aromatic carbocycles. The molecule has 0 aromatic heterocycles. The van der Waals surface area contributed by atoms with Crippen LogP contribution >= 0.6 is 11.6 Å². The fourth-order valence-corrected chi connectivity index (χ4v) is 2.17. The van der Waals surface area contributed by atoms with Crippen molar-refractivity contribution in [1.29, 1.82) is 0 Å². The molecule has 0 aliphatic carbocycles. The Balaban J connectivity index is 2.36. The molecule has 1 heterocycles. The van der Waals surface area contributed by atoms with Crippen LogP contribution in [0.4, 0.5) is 0 Å². The van der Waals surface area contributed by atoms with Crippen LogP contribution in [0, 0.1) is 0 Å². The first-order valence-corrected chi connectivity index (χ1v) is 5.86. The normalized spacial score (nSPS) is 15.0. The van der Waals surface area contributed by atoms with Crippen molar-refractivity contribution in [2.75, 3.05) is 13.1 Å². The van der Waals surface area contributed by atoms with Gasteiger partial charge in [0.25, 0.3) is 5.91 Å². The lowest BCUT2D eigenvalue weighted by Gasteiger charge is -2.16. The maximum Gasteiger partial charge on any atom is 0.254 e. The lowest BCUT2D eigenvalue weighted by atomic mass is 10.1. The van der Waals surface area contributed by atoms with Gasteiger partial charge in [0.05, 0.1) is 11.1 Å². The maximum absolute atomic E-state index is 12.2. The number of benzene rings is 1. The molecule has 0 unspecified atom stereocenters. The fraction of sp³-hybridized carbons (Fsp3) is 0.333. The summed E-state index contributed by atoms with van der Waals surface area (Å²) in [6, 6.07) is 4.59. The number of carbonyl (C=O) groups excluding carboxylic acids is 2. The van der Waals surface area contributed by atoms with Crippen molar-refractivity contribution in [3.8, 4) is 0 Å². The quantitative estimate of drug-likeness (QED) is 0.870. The van der Waals surface area contributed by atoms with Crippen molar-refractivity contribution in [3.63, 3.8) is 0 Å². The van der Waals surface area contributed by atoms with E-state index in [2.05, 4.69) is 0 Å². The largest absolute Gasteiger partial charge is 0.366 e. The first-order chi connectivity index (χ1) is 8.09. The van der Waals surface area contributed by atoms with Crippen LogP contribution in [0.5, 0.6) is 0 Å². The third-order valence-corrected chi connectivity index (χ3v) is 3.11. The van der Waals surface area contributed by atoms with Crippen LogP contribution in [0.15, 0.2) is 18.2 Å². The van der Waals surface area contributed by atoms with Crippen molar-refractivity contribution < 1.29 is 9.59 Å². The summed E-state index contributed by atoms with van der Waals surface area (Å²) in [5, 5.41) is 0.400. The van der Waals surface area contributed by atoms with Crippen LogP contribution in [0.1, 0.15) is 33.6 Å². The number of nitrogens with zero attached hydrogens (tertiary/aromatic N) is 1. The number of rotatable bonds is 2. The highest BCUT2D eigenvalue weighted by atomic mass is 35.5. The van der Waals surface area contributed by atoms with Gasteiger partial charge in [0.1, 0.15) is 0 Å². The number of carbonyl (C=O) groups is 2. The van der Waals surface area contributed by atoms with Crippen LogP contribution < -0.4 is 5.73 Å². The molecule has 1 aliphatic rings. The number of nitrogens with two attached hydrogens (primary N) is 1. The molecule has 5 heteroatoms. The molecular weight excluding hydrogens is 240 g/mol. The molecule has 0 spiro atoms. The molecule has 17 heavy (non-hydrogen) atoms. The maximum atomic E-state index is 12.2. The minimum atomic E-state index is -0.630. The van der Waals surface area contributed by atoms with E-state index in [0.717, 1.165) is 25.9 Å². The van der Waals surface area contributed by atoms with Crippen molar-refractivity contribution in [2.24, 2.45) is 5.73 Å². The summed E-state index contributed by atoms with van der Waals surface area (Å²) in [6.45, 7) is 1.47. The minimum absolute atomic E-state index is 0.145. The van der Waals surface area contributed by atoms with Crippen molar-refractivity contribution >= 4 is 23.4 Å². The van der Waals surface area contributed by atoms with Gasteiger partial charge in [-0.3, -0.25) is 9.59 Å². The highest BCUT2D eigenvalue weighted by molar-refractivity contribution is 6.31. The average Bonchev–Trinajstić information content (AvgIpc) is 2.81. The molecule has 0 bridgehead atoms. The van der Waals surface area contributed by atoms with E-state index in [0.29, 0.717) is 10.6 Å². The highest BCUT2D eigenvalue weighted by Crippen LogP contribution is 2.19. The highest BCUT2D eigenvalue weighted by Gasteiger charge is 2.23. The van der Waals surface area contributed by atoms with Gasteiger partial charge in [-0.05, 0) is 31.0 Å². The number of halogens is 1. The summed E-state index contributed by atoms with van der Waals surface area (Å²) in [5.74, 6) is -0.775. The molecule has 1 saturated heterocycles. The van der Waals surface area contributed by atoms with E-state index in [4.69, 9.17) is 17.3 Å². The fourth-order valence-electron chi connectivity index (χ4n) is 2.00. The second-order valence-electron chi connectivity index (χ2n) is 4.05. The van der Waals surface area contributed by atoms with E-state index in [1.807, 2.05) is 0 Å². The first-order valence-electron chi connectivity index (χ1n) is 5.48. The molecule has 2 N–H and O–H groups in total. The summed E-state index contributed by atoms with van der Waals surface area (Å²) >= 11 is 5.79. The number of hydrogen-bond donors (Lipinski definition) is 1. The predicted molar refractivity (Wildman–Crippen MR) is 65.1 cm³/mol. The zero-order valence-electron chi connectivity index (χ0n) is 9.28. The van der Waals surface area contributed by atoms with Gasteiger partial charge < -0.3 is 10.6 Å². The monoisotopic (exact) mass is 252 g/mol. The first kappa shape index (κ1) is 11.9. The molecule has 2 amide bonds. The minimum Gasteiger partial charge on any atom is -0.366 e. The van der Waals surface area contributed by atoms with E-state index in [9.17, 15) is 9.59 Å². The van der Waals surface area contributed by atoms with E-state index in [-0.39, 0.29) is 11.5 Å². The van der Waals surface area contributed by atoms with Crippen LogP contribution in [0.3, 0.4) is 0 Å². The summed E-state index contributed by atoms with van der Waals surface area (Å²) in [5.41, 5.74) is 5.78. The van der Waals surface area contributed by atoms with Gasteiger partial charge in [0.2, 0.25) is 5.91 Å². The van der Waals surface area contributed by atoms with Crippen LogP contribution in [0.2, 0.25) is 5.02 Å². The molecule has 4 nitrogen and oxygen atoms in total. The SMILES string of the molecule is NC(=O)c1cc(Cl)ccc1C(=O)N1CCCC1. The van der Waals surface area contributed by atoms with E-state index >= 15 is 0 Å². The number of likely N-dealkylation sites (tertiary alicyclic amines) is 1. The Morgan fingerprint density at radius 1 is 1.18 bits per heavy atom. The molecule has 2 rings (SSSR count). The van der Waals surface area contributed by atoms with Crippen LogP contribution in [-0.2, 0) is 0 Å². The number of hydrogen-bond acceptors (Lipinski definition) is 2. The van der Waals surface area contributed by atoms with Crippen LogP contribution in [0.25, 0.3) is 0 Å². The summed E-state index contributed by atoms with van der Waals surface area (Å²) < 4.78 is 0. The van der Waals surface area contributed by atoms with Crippen LogP contribution in [-0.4, -0.2) is 29.8 Å². The van der Waals surface area contributed by atoms with E-state index in [1.165, 1.54) is 6.07 Å². The summed E-state index contributed by atoms with van der Waals surface area (Å²) in [4.78, 5) is 25.2. The van der Waals surface area contributed by atoms with Gasteiger partial charge in [0.15, 0.2) is 0 Å². The van der Waals surface area contributed by atoms with Gasteiger partial charge in [-0.15, -0.1) is 0 Å². The van der Waals surface area contributed by atoms with Gasteiger partial charge in [0, 0.05) is 18.1 Å².